The Morgan fingerprint density at radius 3 is 2.59 bits per heavy atom. The topological polar surface area (TPSA) is 55.1 Å². The summed E-state index contributed by atoms with van der Waals surface area (Å²) in [5.74, 6) is 0.130. The van der Waals surface area contributed by atoms with Gasteiger partial charge in [-0.3, -0.25) is 4.79 Å². The van der Waals surface area contributed by atoms with Gasteiger partial charge in [-0.1, -0.05) is 44.0 Å². The van der Waals surface area contributed by atoms with Crippen LogP contribution in [0.5, 0.6) is 0 Å². The van der Waals surface area contributed by atoms with Crippen molar-refractivity contribution in [1.29, 1.82) is 0 Å². The number of unbranched alkanes of at least 4 members (excludes halogenated alkanes) is 2. The summed E-state index contributed by atoms with van der Waals surface area (Å²) in [6.45, 7) is 3.23. The third-order valence-electron chi connectivity index (χ3n) is 2.82. The van der Waals surface area contributed by atoms with Crippen molar-refractivity contribution in [1.82, 2.24) is 5.32 Å². The highest BCUT2D eigenvalue weighted by Crippen LogP contribution is 2.07. The van der Waals surface area contributed by atoms with E-state index in [9.17, 15) is 4.79 Å². The Labute approximate surface area is 103 Å². The molecule has 1 amide bonds. The zero-order valence-electron chi connectivity index (χ0n) is 10.5. The van der Waals surface area contributed by atoms with Gasteiger partial charge >= 0.3 is 0 Å². The molecule has 94 valence electrons. The number of amides is 1. The summed E-state index contributed by atoms with van der Waals surface area (Å²) in [5, 5.41) is 2.94. The minimum absolute atomic E-state index is 0.130. The highest BCUT2D eigenvalue weighted by Gasteiger charge is 2.03. The van der Waals surface area contributed by atoms with Gasteiger partial charge in [0.25, 0.3) is 0 Å². The molecular weight excluding hydrogens is 212 g/mol. The summed E-state index contributed by atoms with van der Waals surface area (Å²) in [5.41, 5.74) is 7.85. The van der Waals surface area contributed by atoms with Crippen molar-refractivity contribution >= 4 is 5.91 Å². The van der Waals surface area contributed by atoms with Crippen LogP contribution in [0.4, 0.5) is 0 Å². The molecule has 0 fully saturated rings. The van der Waals surface area contributed by atoms with Crippen molar-refractivity contribution in [3.63, 3.8) is 0 Å². The Hall–Kier alpha value is -1.35. The predicted molar refractivity (Wildman–Crippen MR) is 70.3 cm³/mol. The van der Waals surface area contributed by atoms with Gasteiger partial charge in [0.05, 0.1) is 0 Å². The van der Waals surface area contributed by atoms with Crippen LogP contribution in [0.1, 0.15) is 43.7 Å². The van der Waals surface area contributed by atoms with Gasteiger partial charge in [0, 0.05) is 19.5 Å². The molecule has 17 heavy (non-hydrogen) atoms. The summed E-state index contributed by atoms with van der Waals surface area (Å²) in [4.78, 5) is 11.5. The van der Waals surface area contributed by atoms with E-state index < -0.39 is 0 Å². The number of nitrogens with two attached hydrogens (primary N) is 1. The van der Waals surface area contributed by atoms with E-state index in [0.29, 0.717) is 19.5 Å². The van der Waals surface area contributed by atoms with Crippen LogP contribution in [0.3, 0.4) is 0 Å². The molecule has 3 N–H and O–H groups in total. The molecule has 0 atom stereocenters. The molecule has 0 aliphatic heterocycles. The smallest absolute Gasteiger partial charge is 0.220 e. The van der Waals surface area contributed by atoms with E-state index in [1.807, 2.05) is 24.3 Å². The fourth-order valence-electron chi connectivity index (χ4n) is 1.75. The Kier molecular flexibility index (Phi) is 6.33. The highest BCUT2D eigenvalue weighted by molar-refractivity contribution is 5.75. The second-order valence-corrected chi connectivity index (χ2v) is 4.21. The van der Waals surface area contributed by atoms with Crippen molar-refractivity contribution in [2.24, 2.45) is 5.73 Å². The molecule has 1 aromatic rings. The van der Waals surface area contributed by atoms with Gasteiger partial charge in [0.1, 0.15) is 0 Å². The lowest BCUT2D eigenvalue weighted by Crippen LogP contribution is -2.23. The Morgan fingerprint density at radius 1 is 1.24 bits per heavy atom. The van der Waals surface area contributed by atoms with Gasteiger partial charge in [-0.2, -0.15) is 0 Å². The third-order valence-corrected chi connectivity index (χ3v) is 2.82. The summed E-state index contributed by atoms with van der Waals surface area (Å²) in [6.07, 6.45) is 3.86. The minimum atomic E-state index is 0.130. The second kappa shape index (κ2) is 7.85. The lowest BCUT2D eigenvalue weighted by atomic mass is 10.1. The maximum Gasteiger partial charge on any atom is 0.220 e. The van der Waals surface area contributed by atoms with E-state index in [4.69, 9.17) is 5.73 Å². The second-order valence-electron chi connectivity index (χ2n) is 4.21. The Bertz CT molecular complexity index is 350. The van der Waals surface area contributed by atoms with Crippen LogP contribution in [0.15, 0.2) is 24.3 Å². The van der Waals surface area contributed by atoms with Crippen molar-refractivity contribution in [3.8, 4) is 0 Å². The van der Waals surface area contributed by atoms with Gasteiger partial charge in [0.15, 0.2) is 0 Å². The first-order valence-electron chi connectivity index (χ1n) is 6.31. The Morgan fingerprint density at radius 2 is 1.94 bits per heavy atom. The van der Waals surface area contributed by atoms with Crippen LogP contribution in [0.25, 0.3) is 0 Å². The monoisotopic (exact) mass is 234 g/mol. The average molecular weight is 234 g/mol. The molecule has 1 rings (SSSR count). The number of hydrogen-bond donors (Lipinski definition) is 2. The molecule has 0 aromatic heterocycles. The highest BCUT2D eigenvalue weighted by atomic mass is 16.1. The van der Waals surface area contributed by atoms with Crippen molar-refractivity contribution in [3.05, 3.63) is 35.4 Å². The first-order chi connectivity index (χ1) is 8.27. The average Bonchev–Trinajstić information content (AvgIpc) is 2.37. The lowest BCUT2D eigenvalue weighted by molar-refractivity contribution is -0.121. The first kappa shape index (κ1) is 13.7. The number of benzene rings is 1. The molecule has 3 nitrogen and oxygen atoms in total. The molecule has 0 saturated heterocycles. The van der Waals surface area contributed by atoms with E-state index in [1.165, 1.54) is 0 Å². The van der Waals surface area contributed by atoms with Gasteiger partial charge in [0.2, 0.25) is 5.91 Å². The lowest BCUT2D eigenvalue weighted by Gasteiger charge is -2.09. The molecule has 0 bridgehead atoms. The van der Waals surface area contributed by atoms with Crippen molar-refractivity contribution in [2.45, 2.75) is 45.7 Å². The molecule has 0 radical (unpaired) electrons. The summed E-state index contributed by atoms with van der Waals surface area (Å²) in [6, 6.07) is 7.94. The largest absolute Gasteiger partial charge is 0.352 e. The molecule has 0 saturated carbocycles. The normalized spacial score (nSPS) is 10.2. The van der Waals surface area contributed by atoms with Crippen molar-refractivity contribution in [2.75, 3.05) is 0 Å². The third kappa shape index (κ3) is 5.00. The molecule has 0 heterocycles. The summed E-state index contributed by atoms with van der Waals surface area (Å²) >= 11 is 0. The van der Waals surface area contributed by atoms with E-state index in [-0.39, 0.29) is 5.91 Å². The van der Waals surface area contributed by atoms with E-state index in [2.05, 4.69) is 12.2 Å². The van der Waals surface area contributed by atoms with E-state index in [1.54, 1.807) is 0 Å². The predicted octanol–water partition coefficient (Wildman–Crippen LogP) is 2.34. The zero-order chi connectivity index (χ0) is 12.5. The van der Waals surface area contributed by atoms with Crippen LogP contribution in [0.2, 0.25) is 0 Å². The van der Waals surface area contributed by atoms with Crippen LogP contribution in [-0.4, -0.2) is 5.91 Å². The van der Waals surface area contributed by atoms with Gasteiger partial charge < -0.3 is 11.1 Å². The molecule has 0 unspecified atom stereocenters. The summed E-state index contributed by atoms with van der Waals surface area (Å²) < 4.78 is 0. The zero-order valence-corrected chi connectivity index (χ0v) is 10.5. The fraction of sp³-hybridized carbons (Fsp3) is 0.500. The van der Waals surface area contributed by atoms with Gasteiger partial charge in [-0.15, -0.1) is 0 Å². The fourth-order valence-corrected chi connectivity index (χ4v) is 1.75. The van der Waals surface area contributed by atoms with Crippen molar-refractivity contribution < 1.29 is 4.79 Å². The van der Waals surface area contributed by atoms with Gasteiger partial charge in [-0.05, 0) is 17.5 Å². The molecule has 1 aromatic carbocycles. The number of carbonyl (C=O) groups excluding carboxylic acids is 1. The maximum absolute atomic E-state index is 11.5. The van der Waals surface area contributed by atoms with E-state index >= 15 is 0 Å². The standard InChI is InChI=1S/C14H22N2O/c1-2-3-4-9-14(17)16-11-13-8-6-5-7-12(13)10-15/h5-8H,2-4,9-11,15H2,1H3,(H,16,17). The van der Waals surface area contributed by atoms with Gasteiger partial charge in [-0.25, -0.2) is 0 Å². The number of carbonyl (C=O) groups is 1. The molecule has 3 heteroatoms. The Balaban J connectivity index is 2.36. The SMILES string of the molecule is CCCCCC(=O)NCc1ccccc1CN. The van der Waals surface area contributed by atoms with Crippen LogP contribution in [-0.2, 0) is 17.9 Å². The first-order valence-corrected chi connectivity index (χ1v) is 6.31. The minimum Gasteiger partial charge on any atom is -0.352 e. The molecule has 0 aliphatic rings. The molecule has 0 aliphatic carbocycles. The molecule has 0 spiro atoms. The van der Waals surface area contributed by atoms with Crippen LogP contribution >= 0.6 is 0 Å². The summed E-state index contributed by atoms with van der Waals surface area (Å²) in [7, 11) is 0. The quantitative estimate of drug-likeness (QED) is 0.711. The molecular formula is C14H22N2O. The number of hydrogen-bond acceptors (Lipinski definition) is 2. The van der Waals surface area contributed by atoms with Crippen LogP contribution < -0.4 is 11.1 Å². The number of rotatable bonds is 7. The maximum atomic E-state index is 11.5. The van der Waals surface area contributed by atoms with Crippen LogP contribution in [0, 0.1) is 0 Å². The van der Waals surface area contributed by atoms with E-state index in [0.717, 1.165) is 30.4 Å². The number of nitrogens with one attached hydrogen (secondary N) is 1.